The molecule has 2 aromatic carbocycles. The summed E-state index contributed by atoms with van der Waals surface area (Å²) in [5, 5.41) is 0. The number of benzene rings is 2. The fourth-order valence-electron chi connectivity index (χ4n) is 2.61. The lowest BCUT2D eigenvalue weighted by molar-refractivity contribution is -0.119. The van der Waals surface area contributed by atoms with Gasteiger partial charge in [-0.15, -0.1) is 0 Å². The van der Waals surface area contributed by atoms with Crippen LogP contribution in [0.2, 0.25) is 0 Å². The maximum atomic E-state index is 12.8. The van der Waals surface area contributed by atoms with Gasteiger partial charge in [0, 0.05) is 12.2 Å². The standard InChI is InChI=1S/C17H16N2O3/c18-16(20)11-22-15-8-4-2-6-13(15)17(21)19-10-9-12-5-1-3-7-14(12)19/h1-8H,9-11H2,(H2,18,20). The first-order chi connectivity index (χ1) is 10.7. The number of rotatable bonds is 4. The van der Waals surface area contributed by atoms with Gasteiger partial charge in [0.2, 0.25) is 0 Å². The highest BCUT2D eigenvalue weighted by Crippen LogP contribution is 2.30. The van der Waals surface area contributed by atoms with E-state index in [1.54, 1.807) is 29.2 Å². The maximum absolute atomic E-state index is 12.8. The second-order valence-electron chi connectivity index (χ2n) is 5.09. The largest absolute Gasteiger partial charge is 0.483 e. The molecule has 1 aliphatic heterocycles. The molecule has 5 heteroatoms. The number of primary amides is 1. The quantitative estimate of drug-likeness (QED) is 0.934. The van der Waals surface area contributed by atoms with Crippen molar-refractivity contribution in [2.24, 2.45) is 5.73 Å². The Morgan fingerprint density at radius 2 is 1.82 bits per heavy atom. The van der Waals surface area contributed by atoms with E-state index in [4.69, 9.17) is 10.5 Å². The maximum Gasteiger partial charge on any atom is 0.262 e. The Labute approximate surface area is 128 Å². The number of carbonyl (C=O) groups is 2. The molecule has 0 saturated carbocycles. The van der Waals surface area contributed by atoms with E-state index >= 15 is 0 Å². The van der Waals surface area contributed by atoms with E-state index in [2.05, 4.69) is 0 Å². The van der Waals surface area contributed by atoms with Gasteiger partial charge in [-0.05, 0) is 30.2 Å². The Hall–Kier alpha value is -2.82. The first kappa shape index (κ1) is 14.1. The van der Waals surface area contributed by atoms with Crippen LogP contribution in [0.25, 0.3) is 0 Å². The minimum absolute atomic E-state index is 0.134. The fourth-order valence-corrected chi connectivity index (χ4v) is 2.61. The van der Waals surface area contributed by atoms with E-state index in [1.165, 1.54) is 0 Å². The second kappa shape index (κ2) is 5.89. The lowest BCUT2D eigenvalue weighted by Gasteiger charge is -2.19. The predicted molar refractivity (Wildman–Crippen MR) is 83.0 cm³/mol. The van der Waals surface area contributed by atoms with Crippen molar-refractivity contribution in [1.29, 1.82) is 0 Å². The number of hydrogen-bond acceptors (Lipinski definition) is 3. The molecule has 0 fully saturated rings. The van der Waals surface area contributed by atoms with Crippen molar-refractivity contribution in [3.8, 4) is 5.75 Å². The van der Waals surface area contributed by atoms with Crippen LogP contribution in [0.4, 0.5) is 5.69 Å². The molecule has 1 aliphatic rings. The first-order valence-electron chi connectivity index (χ1n) is 7.06. The predicted octanol–water partition coefficient (Wildman–Crippen LogP) is 1.75. The zero-order valence-electron chi connectivity index (χ0n) is 12.0. The Balaban J connectivity index is 1.89. The van der Waals surface area contributed by atoms with Gasteiger partial charge in [-0.2, -0.15) is 0 Å². The molecule has 5 nitrogen and oxygen atoms in total. The number of para-hydroxylation sites is 2. The van der Waals surface area contributed by atoms with Gasteiger partial charge in [-0.1, -0.05) is 30.3 Å². The molecule has 1 heterocycles. The van der Waals surface area contributed by atoms with E-state index in [9.17, 15) is 9.59 Å². The molecule has 2 aromatic rings. The van der Waals surface area contributed by atoms with E-state index in [1.807, 2.05) is 24.3 Å². The molecule has 2 N–H and O–H groups in total. The first-order valence-corrected chi connectivity index (χ1v) is 7.06. The number of nitrogens with two attached hydrogens (primary N) is 1. The van der Waals surface area contributed by atoms with Gasteiger partial charge in [0.15, 0.2) is 6.61 Å². The minimum atomic E-state index is -0.575. The third kappa shape index (κ3) is 2.65. The fraction of sp³-hybridized carbons (Fsp3) is 0.176. The monoisotopic (exact) mass is 296 g/mol. The van der Waals surface area contributed by atoms with Crippen molar-refractivity contribution in [2.45, 2.75) is 6.42 Å². The number of fused-ring (bicyclic) bond motifs is 1. The number of carbonyl (C=O) groups excluding carboxylic acids is 2. The third-order valence-electron chi connectivity index (χ3n) is 3.62. The highest BCUT2D eigenvalue weighted by molar-refractivity contribution is 6.09. The topological polar surface area (TPSA) is 72.6 Å². The van der Waals surface area contributed by atoms with E-state index in [0.29, 0.717) is 17.9 Å². The van der Waals surface area contributed by atoms with Crippen LogP contribution >= 0.6 is 0 Å². The molecule has 0 atom stereocenters. The Bertz CT molecular complexity index is 727. The molecule has 22 heavy (non-hydrogen) atoms. The highest BCUT2D eigenvalue weighted by Gasteiger charge is 2.26. The molecule has 0 spiro atoms. The lowest BCUT2D eigenvalue weighted by Crippen LogP contribution is -2.29. The van der Waals surface area contributed by atoms with Crippen LogP contribution in [0.3, 0.4) is 0 Å². The van der Waals surface area contributed by atoms with Crippen molar-refractivity contribution in [2.75, 3.05) is 18.1 Å². The van der Waals surface area contributed by atoms with Crippen molar-refractivity contribution in [1.82, 2.24) is 0 Å². The normalized spacial score (nSPS) is 12.8. The van der Waals surface area contributed by atoms with Gasteiger partial charge in [0.25, 0.3) is 11.8 Å². The second-order valence-corrected chi connectivity index (χ2v) is 5.09. The van der Waals surface area contributed by atoms with Gasteiger partial charge in [0.05, 0.1) is 5.56 Å². The van der Waals surface area contributed by atoms with Crippen molar-refractivity contribution in [3.63, 3.8) is 0 Å². The van der Waals surface area contributed by atoms with Crippen LogP contribution in [0.5, 0.6) is 5.75 Å². The van der Waals surface area contributed by atoms with Gasteiger partial charge in [-0.25, -0.2) is 0 Å². The summed E-state index contributed by atoms with van der Waals surface area (Å²) in [6.45, 7) is 0.392. The Kier molecular flexibility index (Phi) is 3.78. The van der Waals surface area contributed by atoms with Crippen molar-refractivity contribution < 1.29 is 14.3 Å². The summed E-state index contributed by atoms with van der Waals surface area (Å²) >= 11 is 0. The number of amides is 2. The average Bonchev–Trinajstić information content (AvgIpc) is 2.96. The molecule has 0 unspecified atom stereocenters. The zero-order chi connectivity index (χ0) is 15.5. The number of hydrogen-bond donors (Lipinski definition) is 1. The molecule has 0 saturated heterocycles. The van der Waals surface area contributed by atoms with Gasteiger partial charge in [-0.3, -0.25) is 9.59 Å². The summed E-state index contributed by atoms with van der Waals surface area (Å²) in [7, 11) is 0. The SMILES string of the molecule is NC(=O)COc1ccccc1C(=O)N1CCc2ccccc21. The number of ether oxygens (including phenoxy) is 1. The number of nitrogens with zero attached hydrogens (tertiary/aromatic N) is 1. The Morgan fingerprint density at radius 1 is 1.09 bits per heavy atom. The van der Waals surface area contributed by atoms with E-state index in [-0.39, 0.29) is 12.5 Å². The molecule has 112 valence electrons. The van der Waals surface area contributed by atoms with Crippen LogP contribution in [-0.2, 0) is 11.2 Å². The minimum Gasteiger partial charge on any atom is -0.483 e. The van der Waals surface area contributed by atoms with E-state index in [0.717, 1.165) is 17.7 Å². The molecular formula is C17H16N2O3. The van der Waals surface area contributed by atoms with Crippen LogP contribution in [-0.4, -0.2) is 25.0 Å². The van der Waals surface area contributed by atoms with Crippen molar-refractivity contribution >= 4 is 17.5 Å². The molecular weight excluding hydrogens is 280 g/mol. The van der Waals surface area contributed by atoms with Crippen LogP contribution in [0, 0.1) is 0 Å². The van der Waals surface area contributed by atoms with Gasteiger partial charge >= 0.3 is 0 Å². The van der Waals surface area contributed by atoms with E-state index < -0.39 is 5.91 Å². The molecule has 3 rings (SSSR count). The summed E-state index contributed by atoms with van der Waals surface area (Å²) in [5.74, 6) is -0.338. The highest BCUT2D eigenvalue weighted by atomic mass is 16.5. The van der Waals surface area contributed by atoms with Gasteiger partial charge < -0.3 is 15.4 Å². The zero-order valence-corrected chi connectivity index (χ0v) is 12.0. The molecule has 0 bridgehead atoms. The molecule has 2 amide bonds. The molecule has 0 aliphatic carbocycles. The Morgan fingerprint density at radius 3 is 2.64 bits per heavy atom. The van der Waals surface area contributed by atoms with Crippen LogP contribution < -0.4 is 15.4 Å². The summed E-state index contributed by atoms with van der Waals surface area (Å²) in [6.07, 6.45) is 0.840. The average molecular weight is 296 g/mol. The van der Waals surface area contributed by atoms with Crippen LogP contribution in [0.15, 0.2) is 48.5 Å². The lowest BCUT2D eigenvalue weighted by atomic mass is 10.1. The van der Waals surface area contributed by atoms with Crippen molar-refractivity contribution in [3.05, 3.63) is 59.7 Å². The summed E-state index contributed by atoms with van der Waals surface area (Å²) in [4.78, 5) is 25.4. The summed E-state index contributed by atoms with van der Waals surface area (Å²) < 4.78 is 5.35. The molecule has 0 radical (unpaired) electrons. The smallest absolute Gasteiger partial charge is 0.262 e. The number of anilines is 1. The molecule has 0 aromatic heterocycles. The third-order valence-corrected chi connectivity index (χ3v) is 3.62. The summed E-state index contributed by atoms with van der Waals surface area (Å²) in [6, 6.07) is 14.7. The van der Waals surface area contributed by atoms with Gasteiger partial charge in [0.1, 0.15) is 5.75 Å². The summed E-state index contributed by atoms with van der Waals surface area (Å²) in [5.41, 5.74) is 7.61. The van der Waals surface area contributed by atoms with Crippen LogP contribution in [0.1, 0.15) is 15.9 Å².